The molecule has 2 aliphatic carbocycles. The number of hydrogen-bond acceptors (Lipinski definition) is 4. The lowest BCUT2D eigenvalue weighted by molar-refractivity contribution is -0.150. The van der Waals surface area contributed by atoms with E-state index in [1.165, 1.54) is 0 Å². The van der Waals surface area contributed by atoms with Gasteiger partial charge in [0.1, 0.15) is 5.75 Å². The average molecular weight is 388 g/mol. The van der Waals surface area contributed by atoms with E-state index in [-0.39, 0.29) is 23.9 Å². The van der Waals surface area contributed by atoms with E-state index in [9.17, 15) is 19.5 Å². The van der Waals surface area contributed by atoms with Crippen LogP contribution in [0, 0.1) is 23.7 Å². The third-order valence-corrected chi connectivity index (χ3v) is 5.92. The van der Waals surface area contributed by atoms with Crippen molar-refractivity contribution in [1.29, 1.82) is 0 Å². The quantitative estimate of drug-likeness (QED) is 0.671. The van der Waals surface area contributed by atoms with Crippen LogP contribution >= 0.6 is 0 Å². The highest BCUT2D eigenvalue weighted by Gasteiger charge is 2.54. The van der Waals surface area contributed by atoms with Crippen LogP contribution in [0.15, 0.2) is 24.3 Å². The Labute approximate surface area is 164 Å². The van der Waals surface area contributed by atoms with Crippen molar-refractivity contribution in [2.75, 3.05) is 6.61 Å². The number of carboxylic acids is 1. The molecule has 28 heavy (non-hydrogen) atoms. The topological polar surface area (TPSA) is 105 Å². The van der Waals surface area contributed by atoms with Crippen LogP contribution in [-0.2, 0) is 19.8 Å². The number of amides is 2. The third-order valence-electron chi connectivity index (χ3n) is 5.92. The van der Waals surface area contributed by atoms with Gasteiger partial charge < -0.3 is 9.84 Å². The minimum absolute atomic E-state index is 0.0354. The van der Waals surface area contributed by atoms with Gasteiger partial charge in [-0.1, -0.05) is 32.9 Å². The monoisotopic (exact) mass is 388 g/mol. The van der Waals surface area contributed by atoms with E-state index < -0.39 is 29.6 Å². The minimum atomic E-state index is -0.930. The first-order valence-corrected chi connectivity index (χ1v) is 9.71. The normalized spacial score (nSPS) is 26.0. The summed E-state index contributed by atoms with van der Waals surface area (Å²) in [6.45, 7) is 6.10. The van der Waals surface area contributed by atoms with Crippen molar-refractivity contribution < 1.29 is 24.2 Å². The first-order chi connectivity index (χ1) is 13.2. The van der Waals surface area contributed by atoms with E-state index in [0.717, 1.165) is 24.8 Å². The van der Waals surface area contributed by atoms with Gasteiger partial charge in [-0.15, -0.1) is 0 Å². The standard InChI is InChI=1S/C21H28N2O5/c1-21(2,3)14-6-8-15(9-7-14)28-11-16(24)22-23-19(25)17-12-4-5-13(10-12)18(17)20(26)27/h6-9,12-13,17-18H,4-5,10-11H2,1-3H3,(H,22,24)(H,23,25)(H,26,27)/t12-,13-,17+,18-/m0/s1. The fourth-order valence-electron chi connectivity index (χ4n) is 4.47. The lowest BCUT2D eigenvalue weighted by Crippen LogP contribution is -2.49. The Morgan fingerprint density at radius 1 is 1.04 bits per heavy atom. The van der Waals surface area contributed by atoms with E-state index in [4.69, 9.17) is 4.74 Å². The van der Waals surface area contributed by atoms with Gasteiger partial charge in [-0.25, -0.2) is 0 Å². The lowest BCUT2D eigenvalue weighted by Gasteiger charge is -2.26. The van der Waals surface area contributed by atoms with Crippen LogP contribution in [0.1, 0.15) is 45.6 Å². The second kappa shape index (κ2) is 7.81. The van der Waals surface area contributed by atoms with E-state index >= 15 is 0 Å². The Balaban J connectivity index is 1.47. The molecule has 0 saturated heterocycles. The molecule has 7 nitrogen and oxygen atoms in total. The van der Waals surface area contributed by atoms with Gasteiger partial charge in [0.25, 0.3) is 5.91 Å². The number of fused-ring (bicyclic) bond motifs is 2. The number of nitrogens with one attached hydrogen (secondary N) is 2. The predicted molar refractivity (Wildman–Crippen MR) is 102 cm³/mol. The van der Waals surface area contributed by atoms with Crippen molar-refractivity contribution >= 4 is 17.8 Å². The number of rotatable bonds is 5. The van der Waals surface area contributed by atoms with E-state index in [2.05, 4.69) is 31.6 Å². The molecule has 152 valence electrons. The molecule has 3 N–H and O–H groups in total. The molecule has 0 unspecified atom stereocenters. The SMILES string of the molecule is CC(C)(C)c1ccc(OCC(=O)NNC(=O)[C@@H]2[C@H]3CC[C@@H](C3)[C@@H]2C(=O)O)cc1. The highest BCUT2D eigenvalue weighted by atomic mass is 16.5. The summed E-state index contributed by atoms with van der Waals surface area (Å²) in [6, 6.07) is 7.52. The Bertz CT molecular complexity index is 753. The second-order valence-electron chi connectivity index (χ2n) is 8.82. The molecule has 2 bridgehead atoms. The first kappa shape index (κ1) is 20.2. The number of carboxylic acid groups (broad SMARTS) is 1. The Morgan fingerprint density at radius 2 is 1.64 bits per heavy atom. The van der Waals surface area contributed by atoms with E-state index in [1.54, 1.807) is 12.1 Å². The molecule has 2 saturated carbocycles. The highest BCUT2D eigenvalue weighted by molar-refractivity contribution is 5.88. The number of carbonyl (C=O) groups is 3. The molecular weight excluding hydrogens is 360 g/mol. The summed E-state index contributed by atoms with van der Waals surface area (Å²) in [5.74, 6) is -2.38. The van der Waals surface area contributed by atoms with Gasteiger partial charge in [0.05, 0.1) is 11.8 Å². The van der Waals surface area contributed by atoms with Gasteiger partial charge in [0, 0.05) is 0 Å². The van der Waals surface area contributed by atoms with Gasteiger partial charge >= 0.3 is 5.97 Å². The van der Waals surface area contributed by atoms with Crippen molar-refractivity contribution in [1.82, 2.24) is 10.9 Å². The van der Waals surface area contributed by atoms with Crippen molar-refractivity contribution in [2.24, 2.45) is 23.7 Å². The molecule has 0 heterocycles. The van der Waals surface area contributed by atoms with Gasteiger partial charge in [-0.05, 0) is 54.2 Å². The zero-order chi connectivity index (χ0) is 20.5. The summed E-state index contributed by atoms with van der Waals surface area (Å²) in [4.78, 5) is 35.9. The van der Waals surface area contributed by atoms with Gasteiger partial charge in [-0.2, -0.15) is 0 Å². The second-order valence-corrected chi connectivity index (χ2v) is 8.82. The average Bonchev–Trinajstić information content (AvgIpc) is 3.25. The van der Waals surface area contributed by atoms with Gasteiger partial charge in [0.15, 0.2) is 6.61 Å². The molecule has 7 heteroatoms. The molecule has 2 aliphatic rings. The third kappa shape index (κ3) is 4.29. The predicted octanol–water partition coefficient (Wildman–Crippen LogP) is 2.26. The van der Waals surface area contributed by atoms with E-state index in [1.807, 2.05) is 12.1 Å². The molecule has 0 aliphatic heterocycles. The van der Waals surface area contributed by atoms with Crippen molar-refractivity contribution in [3.05, 3.63) is 29.8 Å². The molecule has 0 aromatic heterocycles. The largest absolute Gasteiger partial charge is 0.484 e. The van der Waals surface area contributed by atoms with Crippen molar-refractivity contribution in [2.45, 2.75) is 45.4 Å². The van der Waals surface area contributed by atoms with Crippen LogP contribution in [0.5, 0.6) is 5.75 Å². The molecular formula is C21H28N2O5. The summed E-state index contributed by atoms with van der Waals surface area (Å²) in [7, 11) is 0. The lowest BCUT2D eigenvalue weighted by atomic mass is 9.79. The summed E-state index contributed by atoms with van der Waals surface area (Å²) in [6.07, 6.45) is 2.50. The van der Waals surface area contributed by atoms with E-state index in [0.29, 0.717) is 5.75 Å². The number of benzene rings is 1. The van der Waals surface area contributed by atoms with Crippen molar-refractivity contribution in [3.8, 4) is 5.75 Å². The Hall–Kier alpha value is -2.57. The Morgan fingerprint density at radius 3 is 2.21 bits per heavy atom. The van der Waals surface area contributed by atoms with Crippen LogP contribution in [0.2, 0.25) is 0 Å². The molecule has 0 radical (unpaired) electrons. The molecule has 2 fully saturated rings. The number of hydrogen-bond donors (Lipinski definition) is 3. The Kier molecular flexibility index (Phi) is 5.63. The zero-order valence-corrected chi connectivity index (χ0v) is 16.5. The highest BCUT2D eigenvalue weighted by Crippen LogP contribution is 2.52. The summed E-state index contributed by atoms with van der Waals surface area (Å²) in [5.41, 5.74) is 5.90. The summed E-state index contributed by atoms with van der Waals surface area (Å²) < 4.78 is 5.44. The van der Waals surface area contributed by atoms with Crippen LogP contribution in [0.4, 0.5) is 0 Å². The molecule has 1 aromatic rings. The molecule has 3 rings (SSSR count). The van der Waals surface area contributed by atoms with Crippen LogP contribution in [-0.4, -0.2) is 29.5 Å². The molecule has 4 atom stereocenters. The van der Waals surface area contributed by atoms with Gasteiger partial charge in [-0.3, -0.25) is 25.2 Å². The van der Waals surface area contributed by atoms with Gasteiger partial charge in [0.2, 0.25) is 5.91 Å². The minimum Gasteiger partial charge on any atom is -0.484 e. The maximum Gasteiger partial charge on any atom is 0.307 e. The number of carbonyl (C=O) groups excluding carboxylic acids is 2. The molecule has 2 amide bonds. The fraction of sp³-hybridized carbons (Fsp3) is 0.571. The van der Waals surface area contributed by atoms with Crippen LogP contribution < -0.4 is 15.6 Å². The molecule has 0 spiro atoms. The van der Waals surface area contributed by atoms with Crippen molar-refractivity contribution in [3.63, 3.8) is 0 Å². The molecule has 1 aromatic carbocycles. The van der Waals surface area contributed by atoms with Crippen LogP contribution in [0.3, 0.4) is 0 Å². The number of aliphatic carboxylic acids is 1. The summed E-state index contributed by atoms with van der Waals surface area (Å²) in [5, 5.41) is 9.42. The zero-order valence-electron chi connectivity index (χ0n) is 16.5. The maximum atomic E-state index is 12.4. The summed E-state index contributed by atoms with van der Waals surface area (Å²) >= 11 is 0. The fourth-order valence-corrected chi connectivity index (χ4v) is 4.47. The first-order valence-electron chi connectivity index (χ1n) is 9.71. The smallest absolute Gasteiger partial charge is 0.307 e. The number of hydrazine groups is 1. The number of ether oxygens (including phenoxy) is 1. The maximum absolute atomic E-state index is 12.4. The van der Waals surface area contributed by atoms with Crippen LogP contribution in [0.25, 0.3) is 0 Å².